The van der Waals surface area contributed by atoms with Crippen molar-refractivity contribution in [2.45, 2.75) is 38.2 Å². The number of carboxylic acid groups (broad SMARTS) is 1. The summed E-state index contributed by atoms with van der Waals surface area (Å²) >= 11 is 7.01. The van der Waals surface area contributed by atoms with Crippen LogP contribution in [0.2, 0.25) is 5.02 Å². The van der Waals surface area contributed by atoms with Crippen LogP contribution in [0.15, 0.2) is 11.3 Å². The van der Waals surface area contributed by atoms with E-state index in [4.69, 9.17) is 16.3 Å². The van der Waals surface area contributed by atoms with Crippen LogP contribution < -0.4 is 5.32 Å². The second-order valence-electron chi connectivity index (χ2n) is 6.74. The fraction of sp³-hybridized carbons (Fsp3) is 0.471. The van der Waals surface area contributed by atoms with Crippen LogP contribution in [0.1, 0.15) is 24.7 Å². The van der Waals surface area contributed by atoms with Gasteiger partial charge < -0.3 is 15.2 Å². The molecule has 1 aromatic heterocycles. The van der Waals surface area contributed by atoms with Crippen molar-refractivity contribution < 1.29 is 37.8 Å². The van der Waals surface area contributed by atoms with Gasteiger partial charge in [0.1, 0.15) is 36.0 Å². The standard InChI is InChI=1S/C17H17ClF2N4O6S/c1-6-10(18)11(14(19)20)22-23(6)3-9(26)21-12-15(27)24-13(17(28)29)8(4-30-7(2)25)5-31-16(12)24/h12,14,16H,3-5H2,1-2H3,(H,21,26)(H,28,29)/t12-,16+/m0/s1. The van der Waals surface area contributed by atoms with E-state index in [2.05, 4.69) is 10.4 Å². The van der Waals surface area contributed by atoms with E-state index < -0.39 is 53.8 Å². The Kier molecular flexibility index (Phi) is 6.55. The normalized spacial score (nSPS) is 20.5. The minimum atomic E-state index is -2.90. The van der Waals surface area contributed by atoms with Crippen molar-refractivity contribution in [1.82, 2.24) is 20.0 Å². The smallest absolute Gasteiger partial charge is 0.352 e. The van der Waals surface area contributed by atoms with Crippen molar-refractivity contribution in [1.29, 1.82) is 0 Å². The summed E-state index contributed by atoms with van der Waals surface area (Å²) in [6.45, 7) is 1.90. The summed E-state index contributed by atoms with van der Waals surface area (Å²) in [5.74, 6) is -3.08. The van der Waals surface area contributed by atoms with Crippen LogP contribution in [0, 0.1) is 6.92 Å². The highest BCUT2D eigenvalue weighted by Gasteiger charge is 2.54. The van der Waals surface area contributed by atoms with Crippen LogP contribution in [-0.2, 0) is 30.5 Å². The van der Waals surface area contributed by atoms with E-state index in [1.54, 1.807) is 0 Å². The first-order valence-corrected chi connectivity index (χ1v) is 10.3. The first kappa shape index (κ1) is 23.0. The number of hydrogen-bond donors (Lipinski definition) is 2. The number of β-lactam (4-membered cyclic amide) rings is 1. The topological polar surface area (TPSA) is 131 Å². The number of carbonyl (C=O) groups excluding carboxylic acids is 3. The molecule has 2 aliphatic rings. The third-order valence-corrected chi connectivity index (χ3v) is 6.48. The SMILES string of the molecule is CC(=O)OCC1=C(C(=O)O)N2C(=O)[C@H](NC(=O)Cn3nc(C(F)F)c(Cl)c3C)[C@H]2SC1. The number of alkyl halides is 2. The van der Waals surface area contributed by atoms with Gasteiger partial charge in [-0.2, -0.15) is 5.10 Å². The number of carbonyl (C=O) groups is 4. The molecule has 2 aliphatic heterocycles. The predicted octanol–water partition coefficient (Wildman–Crippen LogP) is 1.08. The molecular weight excluding hydrogens is 462 g/mol. The number of thioether (sulfide) groups is 1. The Hall–Kier alpha value is -2.67. The number of nitrogens with one attached hydrogen (secondary N) is 1. The van der Waals surface area contributed by atoms with Crippen LogP contribution in [0.25, 0.3) is 0 Å². The Morgan fingerprint density at radius 2 is 2.10 bits per heavy atom. The van der Waals surface area contributed by atoms with E-state index in [9.17, 15) is 33.1 Å². The third kappa shape index (κ3) is 4.37. The predicted molar refractivity (Wildman–Crippen MR) is 103 cm³/mol. The Bertz CT molecular complexity index is 998. The van der Waals surface area contributed by atoms with Crippen molar-refractivity contribution in [3.63, 3.8) is 0 Å². The molecule has 0 bridgehead atoms. The molecule has 168 valence electrons. The molecular formula is C17H17ClF2N4O6S. The maximum atomic E-state index is 12.9. The molecule has 3 rings (SSSR count). The Morgan fingerprint density at radius 1 is 1.42 bits per heavy atom. The molecule has 14 heteroatoms. The van der Waals surface area contributed by atoms with Crippen LogP contribution in [0.5, 0.6) is 0 Å². The van der Waals surface area contributed by atoms with Crippen molar-refractivity contribution in [3.8, 4) is 0 Å². The average molecular weight is 479 g/mol. The van der Waals surface area contributed by atoms with Gasteiger partial charge in [-0.05, 0) is 6.92 Å². The number of halogens is 3. The van der Waals surface area contributed by atoms with Crippen molar-refractivity contribution in [2.75, 3.05) is 12.4 Å². The number of amides is 2. The molecule has 2 atom stereocenters. The van der Waals surface area contributed by atoms with Gasteiger partial charge in [-0.15, -0.1) is 11.8 Å². The summed E-state index contributed by atoms with van der Waals surface area (Å²) in [5, 5.41) is 14.7. The summed E-state index contributed by atoms with van der Waals surface area (Å²) in [5.41, 5.74) is -0.482. The number of aliphatic carboxylic acids is 1. The number of ether oxygens (including phenoxy) is 1. The van der Waals surface area contributed by atoms with Crippen molar-refractivity contribution >= 4 is 47.1 Å². The molecule has 0 radical (unpaired) electrons. The van der Waals surface area contributed by atoms with Gasteiger partial charge in [0.05, 0.1) is 10.7 Å². The number of nitrogens with zero attached hydrogens (tertiary/aromatic N) is 3. The maximum Gasteiger partial charge on any atom is 0.352 e. The minimum Gasteiger partial charge on any atom is -0.477 e. The van der Waals surface area contributed by atoms with Gasteiger partial charge in [0.2, 0.25) is 5.91 Å². The first-order chi connectivity index (χ1) is 14.5. The maximum absolute atomic E-state index is 12.9. The van der Waals surface area contributed by atoms with Crippen LogP contribution >= 0.6 is 23.4 Å². The highest BCUT2D eigenvalue weighted by Crippen LogP contribution is 2.40. The summed E-state index contributed by atoms with van der Waals surface area (Å²) in [7, 11) is 0. The Labute approximate surface area is 183 Å². The number of hydrogen-bond acceptors (Lipinski definition) is 7. The number of carboxylic acids is 1. The van der Waals surface area contributed by atoms with Crippen LogP contribution in [0.4, 0.5) is 8.78 Å². The zero-order valence-corrected chi connectivity index (χ0v) is 17.8. The summed E-state index contributed by atoms with van der Waals surface area (Å²) in [6, 6.07) is -0.997. The van der Waals surface area contributed by atoms with Gasteiger partial charge in [-0.3, -0.25) is 24.0 Å². The lowest BCUT2D eigenvalue weighted by Gasteiger charge is -2.49. The second kappa shape index (κ2) is 8.83. The molecule has 2 N–H and O–H groups in total. The number of aromatic nitrogens is 2. The van der Waals surface area contributed by atoms with Gasteiger partial charge >= 0.3 is 11.9 Å². The molecule has 0 aromatic carbocycles. The van der Waals surface area contributed by atoms with Gasteiger partial charge in [0.15, 0.2) is 0 Å². The Balaban J connectivity index is 1.70. The van der Waals surface area contributed by atoms with Gasteiger partial charge in [0, 0.05) is 18.2 Å². The minimum absolute atomic E-state index is 0.173. The third-order valence-electron chi connectivity index (χ3n) is 4.67. The summed E-state index contributed by atoms with van der Waals surface area (Å²) in [4.78, 5) is 48.6. The highest BCUT2D eigenvalue weighted by atomic mass is 35.5. The molecule has 2 amide bonds. The molecule has 0 spiro atoms. The lowest BCUT2D eigenvalue weighted by atomic mass is 10.0. The first-order valence-electron chi connectivity index (χ1n) is 8.86. The highest BCUT2D eigenvalue weighted by molar-refractivity contribution is 8.00. The van der Waals surface area contributed by atoms with Crippen molar-refractivity contribution in [3.05, 3.63) is 27.7 Å². The van der Waals surface area contributed by atoms with E-state index in [1.165, 1.54) is 25.6 Å². The molecule has 0 aliphatic carbocycles. The van der Waals surface area contributed by atoms with E-state index in [0.717, 1.165) is 9.58 Å². The van der Waals surface area contributed by atoms with Gasteiger partial charge in [-0.1, -0.05) is 11.6 Å². The molecule has 1 saturated heterocycles. The van der Waals surface area contributed by atoms with Crippen LogP contribution in [-0.4, -0.2) is 67.3 Å². The Morgan fingerprint density at radius 3 is 2.65 bits per heavy atom. The largest absolute Gasteiger partial charge is 0.477 e. The number of rotatable bonds is 7. The van der Waals surface area contributed by atoms with Gasteiger partial charge in [0.25, 0.3) is 12.3 Å². The molecule has 3 heterocycles. The monoisotopic (exact) mass is 478 g/mol. The lowest BCUT2D eigenvalue weighted by Crippen LogP contribution is -2.70. The van der Waals surface area contributed by atoms with Gasteiger partial charge in [-0.25, -0.2) is 13.6 Å². The molecule has 1 fully saturated rings. The molecule has 31 heavy (non-hydrogen) atoms. The quantitative estimate of drug-likeness (QED) is 0.440. The summed E-state index contributed by atoms with van der Waals surface area (Å²) < 4.78 is 31.7. The van der Waals surface area contributed by atoms with E-state index in [1.807, 2.05) is 0 Å². The zero-order valence-electron chi connectivity index (χ0n) is 16.2. The molecule has 0 unspecified atom stereocenters. The van der Waals surface area contributed by atoms with Crippen LogP contribution in [0.3, 0.4) is 0 Å². The average Bonchev–Trinajstić information content (AvgIpc) is 2.98. The molecule has 1 aromatic rings. The fourth-order valence-electron chi connectivity index (χ4n) is 3.18. The van der Waals surface area contributed by atoms with Crippen molar-refractivity contribution in [2.24, 2.45) is 0 Å². The number of esters is 1. The number of fused-ring (bicyclic) bond motifs is 1. The summed E-state index contributed by atoms with van der Waals surface area (Å²) in [6.07, 6.45) is -2.90. The second-order valence-corrected chi connectivity index (χ2v) is 8.22. The lowest BCUT2D eigenvalue weighted by molar-refractivity contribution is -0.151. The van der Waals surface area contributed by atoms with E-state index in [-0.39, 0.29) is 34.3 Å². The van der Waals surface area contributed by atoms with E-state index >= 15 is 0 Å². The molecule has 10 nitrogen and oxygen atoms in total. The fourth-order valence-corrected chi connectivity index (χ4v) is 4.72. The molecule has 0 saturated carbocycles. The van der Waals surface area contributed by atoms with E-state index in [0.29, 0.717) is 0 Å². The zero-order chi connectivity index (χ0) is 23.0.